The molecule has 0 spiro atoms. The zero-order valence-corrected chi connectivity index (χ0v) is 46.9. The first-order valence-corrected chi connectivity index (χ1v) is 29.9. The number of carbonyl (C=O) groups is 3. The quantitative estimate of drug-likeness (QED) is 0.0261. The Bertz CT molecular complexity index is 1470. The average Bonchev–Trinajstić information content (AvgIpc) is 3.38. The molecule has 0 aliphatic rings. The van der Waals surface area contributed by atoms with Gasteiger partial charge in [-0.3, -0.25) is 14.4 Å². The minimum atomic E-state index is -0.815. The Labute approximate surface area is 444 Å². The van der Waals surface area contributed by atoms with Crippen molar-refractivity contribution in [3.05, 3.63) is 109 Å². The van der Waals surface area contributed by atoms with Gasteiger partial charge in [0.05, 0.1) is 0 Å². The van der Waals surface area contributed by atoms with E-state index >= 15 is 0 Å². The van der Waals surface area contributed by atoms with Crippen LogP contribution in [0.4, 0.5) is 0 Å². The first kappa shape index (κ1) is 68.1. The summed E-state index contributed by atoms with van der Waals surface area (Å²) in [4.78, 5) is 38.2. The summed E-state index contributed by atoms with van der Waals surface area (Å²) < 4.78 is 16.8. The van der Waals surface area contributed by atoms with Crippen molar-refractivity contribution in [1.29, 1.82) is 0 Å². The normalized spacial score (nSPS) is 12.9. The molecule has 0 aliphatic heterocycles. The molecular weight excluding hydrogens is 889 g/mol. The molecule has 0 unspecified atom stereocenters. The van der Waals surface area contributed by atoms with Gasteiger partial charge in [0, 0.05) is 19.3 Å². The van der Waals surface area contributed by atoms with Crippen LogP contribution in [0.15, 0.2) is 109 Å². The Morgan fingerprint density at radius 1 is 0.292 bits per heavy atom. The number of ether oxygens (including phenoxy) is 3. The van der Waals surface area contributed by atoms with Crippen LogP contribution in [0.5, 0.6) is 0 Å². The second kappa shape index (κ2) is 59.6. The molecule has 0 aromatic heterocycles. The van der Waals surface area contributed by atoms with Crippen LogP contribution in [0.1, 0.15) is 271 Å². The summed E-state index contributed by atoms with van der Waals surface area (Å²) in [5.41, 5.74) is 0. The molecule has 410 valence electrons. The molecule has 0 aliphatic carbocycles. The largest absolute Gasteiger partial charge is 0.462 e. The molecule has 0 aromatic rings. The third-order valence-corrected chi connectivity index (χ3v) is 12.5. The molecule has 0 fully saturated rings. The van der Waals surface area contributed by atoms with Crippen molar-refractivity contribution in [2.24, 2.45) is 0 Å². The third-order valence-electron chi connectivity index (χ3n) is 12.5. The average molecular weight is 1000 g/mol. The molecule has 6 nitrogen and oxygen atoms in total. The molecule has 0 rings (SSSR count). The maximum absolute atomic E-state index is 12.9. The zero-order valence-electron chi connectivity index (χ0n) is 46.9. The Kier molecular flexibility index (Phi) is 56.4. The predicted molar refractivity (Wildman–Crippen MR) is 311 cm³/mol. The fourth-order valence-electron chi connectivity index (χ4n) is 8.05. The van der Waals surface area contributed by atoms with Crippen LogP contribution in [-0.2, 0) is 28.6 Å². The Morgan fingerprint density at radius 2 is 0.556 bits per heavy atom. The topological polar surface area (TPSA) is 78.9 Å². The van der Waals surface area contributed by atoms with E-state index in [9.17, 15) is 14.4 Å². The van der Waals surface area contributed by atoms with E-state index in [0.717, 1.165) is 103 Å². The molecule has 0 heterocycles. The van der Waals surface area contributed by atoms with Crippen molar-refractivity contribution >= 4 is 17.9 Å². The van der Waals surface area contributed by atoms with Gasteiger partial charge in [-0.15, -0.1) is 0 Å². The van der Waals surface area contributed by atoms with E-state index in [1.807, 2.05) is 0 Å². The van der Waals surface area contributed by atoms with Crippen molar-refractivity contribution in [1.82, 2.24) is 0 Å². The highest BCUT2D eigenvalue weighted by Gasteiger charge is 2.19. The van der Waals surface area contributed by atoms with Gasteiger partial charge in [0.15, 0.2) is 6.10 Å². The lowest BCUT2D eigenvalue weighted by molar-refractivity contribution is -0.167. The fourth-order valence-corrected chi connectivity index (χ4v) is 8.05. The minimum Gasteiger partial charge on any atom is -0.462 e. The summed E-state index contributed by atoms with van der Waals surface area (Å²) >= 11 is 0. The zero-order chi connectivity index (χ0) is 52.2. The van der Waals surface area contributed by atoms with Gasteiger partial charge in [0.2, 0.25) is 0 Å². The summed E-state index contributed by atoms with van der Waals surface area (Å²) in [5, 5.41) is 0. The third kappa shape index (κ3) is 57.0. The van der Waals surface area contributed by atoms with Crippen molar-refractivity contribution in [2.75, 3.05) is 13.2 Å². The van der Waals surface area contributed by atoms with Crippen LogP contribution in [0, 0.1) is 0 Å². The van der Waals surface area contributed by atoms with Crippen LogP contribution >= 0.6 is 0 Å². The molecule has 6 heteroatoms. The van der Waals surface area contributed by atoms with Gasteiger partial charge >= 0.3 is 17.9 Å². The molecule has 0 bridgehead atoms. The second-order valence-electron chi connectivity index (χ2n) is 19.5. The van der Waals surface area contributed by atoms with Crippen LogP contribution < -0.4 is 0 Å². The van der Waals surface area contributed by atoms with Gasteiger partial charge < -0.3 is 14.2 Å². The predicted octanol–water partition coefficient (Wildman–Crippen LogP) is 20.3. The fraction of sp³-hybridized carbons (Fsp3) is 0.682. The van der Waals surface area contributed by atoms with E-state index in [4.69, 9.17) is 14.2 Å². The summed E-state index contributed by atoms with van der Waals surface area (Å²) in [7, 11) is 0. The number of esters is 3. The molecule has 0 saturated carbocycles. The van der Waals surface area contributed by atoms with Gasteiger partial charge in [-0.1, -0.05) is 259 Å². The van der Waals surface area contributed by atoms with E-state index in [1.54, 1.807) is 0 Å². The number of hydrogen-bond donors (Lipinski definition) is 0. The maximum atomic E-state index is 12.9. The number of rotatable bonds is 53. The van der Waals surface area contributed by atoms with E-state index in [1.165, 1.54) is 122 Å². The van der Waals surface area contributed by atoms with Crippen LogP contribution in [0.3, 0.4) is 0 Å². The van der Waals surface area contributed by atoms with E-state index in [-0.39, 0.29) is 37.5 Å². The highest BCUT2D eigenvalue weighted by molar-refractivity contribution is 5.71. The van der Waals surface area contributed by atoms with Gasteiger partial charge in [-0.05, 0) is 103 Å². The molecule has 0 amide bonds. The Balaban J connectivity index is 4.52. The van der Waals surface area contributed by atoms with Gasteiger partial charge in [-0.25, -0.2) is 0 Å². The molecule has 0 aromatic carbocycles. The number of hydrogen-bond acceptors (Lipinski definition) is 6. The molecule has 0 N–H and O–H groups in total. The number of allylic oxidation sites excluding steroid dienone is 18. The van der Waals surface area contributed by atoms with Gasteiger partial charge in [0.1, 0.15) is 13.2 Å². The van der Waals surface area contributed by atoms with Crippen LogP contribution in [-0.4, -0.2) is 37.2 Å². The lowest BCUT2D eigenvalue weighted by atomic mass is 10.0. The molecule has 1 atom stereocenters. The standard InChI is InChI=1S/C66H110O6/c1-4-7-10-13-16-19-22-25-28-31-33-36-38-41-44-47-50-53-56-59-65(68)71-62-63(61-70-64(67)58-55-52-49-46-43-40-37-34-30-27-24-21-18-15-12-9-6-3)72-66(69)60-57-54-51-48-45-42-39-35-32-29-26-23-20-17-14-11-8-5-2/h9,12,16,18-19,21,25,27-28,30,33,36-37,40-41,44,46,49,63H,4-8,10-11,13-15,17,20,22-24,26,29,31-32,34-35,38-39,42-43,45,47-48,50-62H2,1-3H3/b12-9-,19-16-,21-18-,28-25-,30-27-,36-33-,40-37-,44-41-,49-46-/t63-/m1/s1. The lowest BCUT2D eigenvalue weighted by Gasteiger charge is -2.18. The van der Waals surface area contributed by atoms with Gasteiger partial charge in [0.25, 0.3) is 0 Å². The number of unbranched alkanes of at least 4 members (excludes halogenated alkanes) is 24. The molecule has 72 heavy (non-hydrogen) atoms. The van der Waals surface area contributed by atoms with E-state index in [0.29, 0.717) is 19.3 Å². The first-order valence-electron chi connectivity index (χ1n) is 29.9. The molecule has 0 saturated heterocycles. The molecule has 0 radical (unpaired) electrons. The van der Waals surface area contributed by atoms with Crippen molar-refractivity contribution in [3.63, 3.8) is 0 Å². The number of carbonyl (C=O) groups excluding carboxylic acids is 3. The highest BCUT2D eigenvalue weighted by atomic mass is 16.6. The first-order chi connectivity index (χ1) is 35.5. The molecular formula is C66H110O6. The van der Waals surface area contributed by atoms with E-state index < -0.39 is 6.10 Å². The lowest BCUT2D eigenvalue weighted by Crippen LogP contribution is -2.30. The van der Waals surface area contributed by atoms with Crippen LogP contribution in [0.25, 0.3) is 0 Å². The maximum Gasteiger partial charge on any atom is 0.306 e. The van der Waals surface area contributed by atoms with Crippen molar-refractivity contribution in [3.8, 4) is 0 Å². The summed E-state index contributed by atoms with van der Waals surface area (Å²) in [5.74, 6) is -0.994. The summed E-state index contributed by atoms with van der Waals surface area (Å²) in [6, 6.07) is 0. The summed E-state index contributed by atoms with van der Waals surface area (Å²) in [6.07, 6.45) is 80.9. The van der Waals surface area contributed by atoms with Gasteiger partial charge in [-0.2, -0.15) is 0 Å². The Hall–Kier alpha value is -3.93. The summed E-state index contributed by atoms with van der Waals surface area (Å²) in [6.45, 7) is 6.44. The highest BCUT2D eigenvalue weighted by Crippen LogP contribution is 2.16. The second-order valence-corrected chi connectivity index (χ2v) is 19.5. The van der Waals surface area contributed by atoms with Crippen LogP contribution in [0.2, 0.25) is 0 Å². The Morgan fingerprint density at radius 3 is 0.931 bits per heavy atom. The smallest absolute Gasteiger partial charge is 0.306 e. The van der Waals surface area contributed by atoms with Crippen molar-refractivity contribution in [2.45, 2.75) is 277 Å². The van der Waals surface area contributed by atoms with E-state index in [2.05, 4.69) is 130 Å². The minimum absolute atomic E-state index is 0.112. The van der Waals surface area contributed by atoms with Crippen molar-refractivity contribution < 1.29 is 28.6 Å². The monoisotopic (exact) mass is 999 g/mol. The SMILES string of the molecule is CC/C=C\C/C=C\C/C=C\C/C=C\C/C=C\CCCC(=O)OC[C@H](COC(=O)CCCCC/C=C\C/C=C\C/C=C\C/C=C\CCCCC)OC(=O)CCCCCCCCCCCCCCCCCCCC.